The molecule has 1 heterocycles. The van der Waals surface area contributed by atoms with Gasteiger partial charge < -0.3 is 14.5 Å². The summed E-state index contributed by atoms with van der Waals surface area (Å²) < 4.78 is 12.6. The first-order valence-corrected chi connectivity index (χ1v) is 11.1. The van der Waals surface area contributed by atoms with Crippen LogP contribution >= 0.6 is 15.9 Å². The molecule has 3 aromatic carbocycles. The number of methoxy groups -OCH3 is 1. The van der Waals surface area contributed by atoms with Crippen molar-refractivity contribution in [3.05, 3.63) is 88.1 Å². The maximum absolute atomic E-state index is 12.8. The summed E-state index contributed by atoms with van der Waals surface area (Å²) in [4.78, 5) is 12.8. The first kappa shape index (κ1) is 21.9. The van der Waals surface area contributed by atoms with Crippen molar-refractivity contribution in [2.24, 2.45) is 0 Å². The fourth-order valence-corrected chi connectivity index (χ4v) is 4.40. The molecule has 4 aromatic rings. The fraction of sp³-hybridized carbons (Fsp3) is 0.148. The molecule has 0 aliphatic heterocycles. The molecule has 0 saturated carbocycles. The average molecular weight is 490 g/mol. The Kier molecular flexibility index (Phi) is 6.19. The zero-order chi connectivity index (χ0) is 22.8. The minimum atomic E-state index is -0.191. The largest absolute Gasteiger partial charge is 0.496 e. The number of aryl methyl sites for hydroxylation is 2. The van der Waals surface area contributed by atoms with Gasteiger partial charge in [0, 0.05) is 38.3 Å². The second-order valence-electron chi connectivity index (χ2n) is 7.75. The normalized spacial score (nSPS) is 11.6. The highest BCUT2D eigenvalue weighted by Gasteiger charge is 2.18. The zero-order valence-electron chi connectivity index (χ0n) is 18.5. The molecule has 0 aliphatic rings. The summed E-state index contributed by atoms with van der Waals surface area (Å²) in [6, 6.07) is 17.9. The third-order valence-electron chi connectivity index (χ3n) is 5.55. The van der Waals surface area contributed by atoms with E-state index in [1.165, 1.54) is 0 Å². The van der Waals surface area contributed by atoms with Gasteiger partial charge in [0.05, 0.1) is 13.4 Å². The number of benzene rings is 3. The molecule has 0 spiro atoms. The van der Waals surface area contributed by atoms with Crippen LogP contribution in [-0.4, -0.2) is 13.0 Å². The van der Waals surface area contributed by atoms with Crippen LogP contribution in [0.2, 0.25) is 0 Å². The molecule has 0 aliphatic carbocycles. The van der Waals surface area contributed by atoms with Crippen molar-refractivity contribution in [2.75, 3.05) is 12.4 Å². The lowest BCUT2D eigenvalue weighted by Gasteiger charge is -2.13. The highest BCUT2D eigenvalue weighted by molar-refractivity contribution is 9.10. The van der Waals surface area contributed by atoms with Gasteiger partial charge >= 0.3 is 0 Å². The molecule has 0 atom stereocenters. The van der Waals surface area contributed by atoms with Gasteiger partial charge in [0.25, 0.3) is 0 Å². The second-order valence-corrected chi connectivity index (χ2v) is 8.67. The van der Waals surface area contributed by atoms with E-state index in [0.29, 0.717) is 5.75 Å². The Morgan fingerprint density at radius 2 is 1.84 bits per heavy atom. The van der Waals surface area contributed by atoms with Crippen molar-refractivity contribution >= 4 is 44.1 Å². The minimum Gasteiger partial charge on any atom is -0.496 e. The van der Waals surface area contributed by atoms with E-state index >= 15 is 0 Å². The van der Waals surface area contributed by atoms with E-state index < -0.39 is 0 Å². The Labute approximate surface area is 196 Å². The number of amides is 1. The van der Waals surface area contributed by atoms with Crippen LogP contribution in [0, 0.1) is 13.8 Å². The summed E-state index contributed by atoms with van der Waals surface area (Å²) in [6.45, 7) is 5.85. The van der Waals surface area contributed by atoms with E-state index in [0.717, 1.165) is 54.5 Å². The summed E-state index contributed by atoms with van der Waals surface area (Å²) in [5.41, 5.74) is 7.20. The van der Waals surface area contributed by atoms with Crippen molar-refractivity contribution in [2.45, 2.75) is 20.8 Å². The number of fused-ring (bicyclic) bond motifs is 1. The average Bonchev–Trinajstić information content (AvgIpc) is 3.20. The molecule has 0 radical (unpaired) electrons. The van der Waals surface area contributed by atoms with Gasteiger partial charge in [-0.25, -0.2) is 0 Å². The van der Waals surface area contributed by atoms with Crippen LogP contribution in [0.25, 0.3) is 27.7 Å². The Bertz CT molecular complexity index is 1340. The number of ether oxygens (including phenoxy) is 1. The molecule has 162 valence electrons. The van der Waals surface area contributed by atoms with Crippen LogP contribution in [0.1, 0.15) is 23.6 Å². The lowest BCUT2D eigenvalue weighted by atomic mass is 9.96. The second kappa shape index (κ2) is 9.05. The van der Waals surface area contributed by atoms with E-state index in [4.69, 9.17) is 9.15 Å². The molecule has 4 rings (SSSR count). The molecule has 4 nitrogen and oxygen atoms in total. The number of hydrogen-bond donors (Lipinski definition) is 1. The summed E-state index contributed by atoms with van der Waals surface area (Å²) in [7, 11) is 1.64. The third-order valence-corrected chi connectivity index (χ3v) is 6.04. The number of anilines is 1. The van der Waals surface area contributed by atoms with Gasteiger partial charge in [-0.15, -0.1) is 0 Å². The molecule has 32 heavy (non-hydrogen) atoms. The van der Waals surface area contributed by atoms with Crippen LogP contribution in [0.3, 0.4) is 0 Å². The van der Waals surface area contributed by atoms with Crippen molar-refractivity contribution in [3.63, 3.8) is 0 Å². The lowest BCUT2D eigenvalue weighted by molar-refractivity contribution is -0.111. The van der Waals surface area contributed by atoms with Gasteiger partial charge in [0.1, 0.15) is 11.3 Å². The predicted molar refractivity (Wildman–Crippen MR) is 134 cm³/mol. The van der Waals surface area contributed by atoms with Crippen molar-refractivity contribution in [1.82, 2.24) is 0 Å². The topological polar surface area (TPSA) is 51.5 Å². The number of halogens is 1. The fourth-order valence-electron chi connectivity index (χ4n) is 3.92. The van der Waals surface area contributed by atoms with Gasteiger partial charge in [-0.05, 0) is 61.7 Å². The van der Waals surface area contributed by atoms with E-state index in [1.54, 1.807) is 19.4 Å². The Morgan fingerprint density at radius 1 is 1.09 bits per heavy atom. The van der Waals surface area contributed by atoms with E-state index in [2.05, 4.69) is 33.4 Å². The molecule has 0 unspecified atom stereocenters. The van der Waals surface area contributed by atoms with Gasteiger partial charge in [-0.1, -0.05) is 46.3 Å². The van der Waals surface area contributed by atoms with Crippen LogP contribution in [0.15, 0.2) is 75.8 Å². The first-order chi connectivity index (χ1) is 15.4. The number of rotatable bonds is 5. The molecule has 1 amide bonds. The minimum absolute atomic E-state index is 0.191. The number of carbonyl (C=O) groups is 1. The Hall–Kier alpha value is -3.31. The van der Waals surface area contributed by atoms with Crippen molar-refractivity contribution < 1.29 is 13.9 Å². The molecule has 0 bridgehead atoms. The zero-order valence-corrected chi connectivity index (χ0v) is 20.0. The van der Waals surface area contributed by atoms with Gasteiger partial charge in [0.2, 0.25) is 5.91 Å². The molecule has 0 saturated heterocycles. The van der Waals surface area contributed by atoms with Crippen LogP contribution in [0.5, 0.6) is 5.75 Å². The Morgan fingerprint density at radius 3 is 2.53 bits per heavy atom. The molecule has 5 heteroatoms. The smallest absolute Gasteiger partial charge is 0.248 e. The van der Waals surface area contributed by atoms with Crippen LogP contribution in [-0.2, 0) is 4.79 Å². The lowest BCUT2D eigenvalue weighted by Crippen LogP contribution is -2.10. The Balaban J connectivity index is 1.75. The first-order valence-electron chi connectivity index (χ1n) is 10.3. The number of carbonyl (C=O) groups excluding carboxylic acids is 1. The van der Waals surface area contributed by atoms with Crippen molar-refractivity contribution in [3.8, 4) is 16.9 Å². The maximum atomic E-state index is 12.8. The van der Waals surface area contributed by atoms with Crippen LogP contribution in [0.4, 0.5) is 5.69 Å². The number of furan rings is 1. The standard InChI is InChI=1S/C27H24BrNO3/c1-16(13-25(30)29-24-11-10-20(28)12-17(24)2)21-14-22-23(19-8-6-5-7-9-19)15-32-27(22)18(3)26(21)31-4/h5-15H,1-4H3,(H,29,30)/b16-13+. The van der Waals surface area contributed by atoms with Crippen molar-refractivity contribution in [1.29, 1.82) is 0 Å². The monoisotopic (exact) mass is 489 g/mol. The molecule has 1 aromatic heterocycles. The van der Waals surface area contributed by atoms with Gasteiger partial charge in [-0.2, -0.15) is 0 Å². The molecule has 1 N–H and O–H groups in total. The quantitative estimate of drug-likeness (QED) is 0.294. The molecular weight excluding hydrogens is 466 g/mol. The van der Waals surface area contributed by atoms with E-state index in [1.807, 2.05) is 63.2 Å². The number of nitrogens with one attached hydrogen (secondary N) is 1. The predicted octanol–water partition coefficient (Wildman–Crippen LogP) is 7.53. The highest BCUT2D eigenvalue weighted by Crippen LogP contribution is 2.40. The SMILES string of the molecule is COc1c(/C(C)=C/C(=O)Nc2ccc(Br)cc2C)cc2c(-c3ccccc3)coc2c1C. The van der Waals surface area contributed by atoms with Gasteiger partial charge in [-0.3, -0.25) is 4.79 Å². The van der Waals surface area contributed by atoms with Gasteiger partial charge in [0.15, 0.2) is 0 Å². The third kappa shape index (κ3) is 4.21. The summed E-state index contributed by atoms with van der Waals surface area (Å²) >= 11 is 3.45. The van der Waals surface area contributed by atoms with E-state index in [-0.39, 0.29) is 5.91 Å². The highest BCUT2D eigenvalue weighted by atomic mass is 79.9. The summed E-state index contributed by atoms with van der Waals surface area (Å²) in [5.74, 6) is 0.510. The molecule has 0 fully saturated rings. The molecular formula is C27H24BrNO3. The van der Waals surface area contributed by atoms with Crippen LogP contribution < -0.4 is 10.1 Å². The summed E-state index contributed by atoms with van der Waals surface area (Å²) in [5, 5.41) is 3.95. The number of allylic oxidation sites excluding steroid dienone is 1. The number of hydrogen-bond acceptors (Lipinski definition) is 3. The maximum Gasteiger partial charge on any atom is 0.248 e. The van der Waals surface area contributed by atoms with E-state index in [9.17, 15) is 4.79 Å². The summed E-state index contributed by atoms with van der Waals surface area (Å²) in [6.07, 6.45) is 3.38.